The lowest BCUT2D eigenvalue weighted by molar-refractivity contribution is 0.0891. The number of benzene rings is 1. The average Bonchev–Trinajstić information content (AvgIpc) is 2.44. The fourth-order valence-corrected chi connectivity index (χ4v) is 2.85. The van der Waals surface area contributed by atoms with Crippen LogP contribution < -0.4 is 11.1 Å². The van der Waals surface area contributed by atoms with Crippen LogP contribution in [0.15, 0.2) is 24.3 Å². The fourth-order valence-electron chi connectivity index (χ4n) is 2.85. The van der Waals surface area contributed by atoms with Crippen LogP contribution in [-0.4, -0.2) is 17.9 Å². The third-order valence-corrected chi connectivity index (χ3v) is 4.43. The van der Waals surface area contributed by atoms with E-state index in [0.717, 1.165) is 12.8 Å². The molecular weight excluding hydrogens is 252 g/mol. The van der Waals surface area contributed by atoms with Crippen molar-refractivity contribution < 1.29 is 9.59 Å². The molecule has 0 aliphatic heterocycles. The van der Waals surface area contributed by atoms with Crippen molar-refractivity contribution in [2.75, 3.05) is 0 Å². The second-order valence-electron chi connectivity index (χ2n) is 5.79. The SMILES string of the molecule is CC1CCCC(NC(=O)c2cccc(C(N)=O)c2)C1C. The normalized spacial score (nSPS) is 26.0. The predicted octanol–water partition coefficient (Wildman–Crippen LogP) is 2.34. The van der Waals surface area contributed by atoms with E-state index >= 15 is 0 Å². The van der Waals surface area contributed by atoms with Gasteiger partial charge in [-0.3, -0.25) is 9.59 Å². The van der Waals surface area contributed by atoms with Crippen molar-refractivity contribution in [2.24, 2.45) is 17.6 Å². The Hall–Kier alpha value is -1.84. The number of hydrogen-bond acceptors (Lipinski definition) is 2. The molecule has 4 nitrogen and oxygen atoms in total. The molecule has 1 aliphatic rings. The molecule has 1 fully saturated rings. The van der Waals surface area contributed by atoms with Gasteiger partial charge in [-0.2, -0.15) is 0 Å². The molecule has 0 bridgehead atoms. The van der Waals surface area contributed by atoms with Gasteiger partial charge in [0.05, 0.1) is 0 Å². The van der Waals surface area contributed by atoms with Gasteiger partial charge in [0, 0.05) is 17.2 Å². The second kappa shape index (κ2) is 6.07. The van der Waals surface area contributed by atoms with Crippen LogP contribution in [0.4, 0.5) is 0 Å². The van der Waals surface area contributed by atoms with E-state index < -0.39 is 5.91 Å². The minimum absolute atomic E-state index is 0.126. The van der Waals surface area contributed by atoms with Crippen LogP contribution in [0.25, 0.3) is 0 Å². The molecule has 1 aromatic rings. The summed E-state index contributed by atoms with van der Waals surface area (Å²) in [5.41, 5.74) is 6.09. The van der Waals surface area contributed by atoms with Gasteiger partial charge in [-0.15, -0.1) is 0 Å². The molecule has 0 aromatic heterocycles. The largest absolute Gasteiger partial charge is 0.366 e. The molecule has 2 amide bonds. The highest BCUT2D eigenvalue weighted by molar-refractivity contribution is 5.99. The van der Waals surface area contributed by atoms with E-state index in [4.69, 9.17) is 5.73 Å². The maximum atomic E-state index is 12.3. The van der Waals surface area contributed by atoms with E-state index in [9.17, 15) is 9.59 Å². The van der Waals surface area contributed by atoms with Gasteiger partial charge >= 0.3 is 0 Å². The third kappa shape index (κ3) is 3.18. The standard InChI is InChI=1S/C16H22N2O2/c1-10-5-3-8-14(11(10)2)18-16(20)13-7-4-6-12(9-13)15(17)19/h4,6-7,9-11,14H,3,5,8H2,1-2H3,(H2,17,19)(H,18,20). The van der Waals surface area contributed by atoms with Crippen molar-refractivity contribution in [3.05, 3.63) is 35.4 Å². The number of carbonyl (C=O) groups excluding carboxylic acids is 2. The van der Waals surface area contributed by atoms with Crippen molar-refractivity contribution in [3.63, 3.8) is 0 Å². The van der Waals surface area contributed by atoms with Crippen LogP contribution in [0, 0.1) is 11.8 Å². The Balaban J connectivity index is 2.08. The second-order valence-corrected chi connectivity index (χ2v) is 5.79. The van der Waals surface area contributed by atoms with E-state index in [2.05, 4.69) is 19.2 Å². The highest BCUT2D eigenvalue weighted by Gasteiger charge is 2.28. The zero-order chi connectivity index (χ0) is 14.7. The summed E-state index contributed by atoms with van der Waals surface area (Å²) in [6.45, 7) is 4.42. The summed E-state index contributed by atoms with van der Waals surface area (Å²) >= 11 is 0. The first-order chi connectivity index (χ1) is 9.49. The Kier molecular flexibility index (Phi) is 4.42. The average molecular weight is 274 g/mol. The van der Waals surface area contributed by atoms with Gasteiger partial charge < -0.3 is 11.1 Å². The molecule has 20 heavy (non-hydrogen) atoms. The molecule has 1 saturated carbocycles. The number of carbonyl (C=O) groups is 2. The van der Waals surface area contributed by atoms with Crippen molar-refractivity contribution in [2.45, 2.75) is 39.2 Å². The van der Waals surface area contributed by atoms with E-state index in [1.54, 1.807) is 24.3 Å². The molecule has 1 aromatic carbocycles. The molecule has 3 atom stereocenters. The van der Waals surface area contributed by atoms with Crippen LogP contribution in [-0.2, 0) is 0 Å². The van der Waals surface area contributed by atoms with E-state index in [1.807, 2.05) is 0 Å². The Morgan fingerprint density at radius 2 is 1.90 bits per heavy atom. The molecule has 0 heterocycles. The van der Waals surface area contributed by atoms with Crippen molar-refractivity contribution >= 4 is 11.8 Å². The lowest BCUT2D eigenvalue weighted by Gasteiger charge is -2.34. The topological polar surface area (TPSA) is 72.2 Å². The number of primary amides is 1. The highest BCUT2D eigenvalue weighted by Crippen LogP contribution is 2.29. The summed E-state index contributed by atoms with van der Waals surface area (Å²) in [4.78, 5) is 23.4. The Morgan fingerprint density at radius 3 is 2.60 bits per heavy atom. The van der Waals surface area contributed by atoms with Gasteiger partial charge in [-0.25, -0.2) is 0 Å². The molecular formula is C16H22N2O2. The van der Waals surface area contributed by atoms with Crippen LogP contribution >= 0.6 is 0 Å². The number of rotatable bonds is 3. The van der Waals surface area contributed by atoms with Crippen LogP contribution in [0.5, 0.6) is 0 Å². The summed E-state index contributed by atoms with van der Waals surface area (Å²) in [6, 6.07) is 6.77. The molecule has 0 spiro atoms. The van der Waals surface area contributed by atoms with Crippen LogP contribution in [0.1, 0.15) is 53.8 Å². The molecule has 3 unspecified atom stereocenters. The molecule has 4 heteroatoms. The summed E-state index contributed by atoms with van der Waals surface area (Å²) in [6.07, 6.45) is 3.40. The zero-order valence-electron chi connectivity index (χ0n) is 12.1. The first-order valence-electron chi connectivity index (χ1n) is 7.19. The van der Waals surface area contributed by atoms with E-state index in [-0.39, 0.29) is 11.9 Å². The molecule has 108 valence electrons. The predicted molar refractivity (Wildman–Crippen MR) is 78.4 cm³/mol. The summed E-state index contributed by atoms with van der Waals surface area (Å²) in [5.74, 6) is 0.469. The quantitative estimate of drug-likeness (QED) is 0.888. The maximum Gasteiger partial charge on any atom is 0.251 e. The minimum Gasteiger partial charge on any atom is -0.366 e. The van der Waals surface area contributed by atoms with Crippen molar-refractivity contribution in [3.8, 4) is 0 Å². The van der Waals surface area contributed by atoms with Crippen molar-refractivity contribution in [1.29, 1.82) is 0 Å². The molecule has 2 rings (SSSR count). The van der Waals surface area contributed by atoms with Gasteiger partial charge in [0.15, 0.2) is 0 Å². The van der Waals surface area contributed by atoms with Gasteiger partial charge in [-0.05, 0) is 36.5 Å². The van der Waals surface area contributed by atoms with Crippen LogP contribution in [0.3, 0.4) is 0 Å². The number of amides is 2. The lowest BCUT2D eigenvalue weighted by atomic mass is 9.78. The fraction of sp³-hybridized carbons (Fsp3) is 0.500. The summed E-state index contributed by atoms with van der Waals surface area (Å²) in [5, 5.41) is 3.09. The first kappa shape index (κ1) is 14.6. The third-order valence-electron chi connectivity index (χ3n) is 4.43. The maximum absolute atomic E-state index is 12.3. The van der Waals surface area contributed by atoms with Crippen molar-refractivity contribution in [1.82, 2.24) is 5.32 Å². The van der Waals surface area contributed by atoms with Gasteiger partial charge in [0.1, 0.15) is 0 Å². The summed E-state index contributed by atoms with van der Waals surface area (Å²) < 4.78 is 0. The molecule has 3 N–H and O–H groups in total. The van der Waals surface area contributed by atoms with E-state index in [0.29, 0.717) is 23.0 Å². The molecule has 0 saturated heterocycles. The Labute approximate surface area is 119 Å². The number of hydrogen-bond donors (Lipinski definition) is 2. The Morgan fingerprint density at radius 1 is 1.20 bits per heavy atom. The zero-order valence-corrected chi connectivity index (χ0v) is 12.1. The lowest BCUT2D eigenvalue weighted by Crippen LogP contribution is -2.43. The highest BCUT2D eigenvalue weighted by atomic mass is 16.2. The Bertz CT molecular complexity index is 513. The van der Waals surface area contributed by atoms with Gasteiger partial charge in [0.25, 0.3) is 5.91 Å². The van der Waals surface area contributed by atoms with Crippen LogP contribution in [0.2, 0.25) is 0 Å². The monoisotopic (exact) mass is 274 g/mol. The first-order valence-corrected chi connectivity index (χ1v) is 7.19. The van der Waals surface area contributed by atoms with Gasteiger partial charge in [-0.1, -0.05) is 32.8 Å². The summed E-state index contributed by atoms with van der Waals surface area (Å²) in [7, 11) is 0. The number of nitrogens with two attached hydrogens (primary N) is 1. The number of nitrogens with one attached hydrogen (secondary N) is 1. The molecule has 1 aliphatic carbocycles. The smallest absolute Gasteiger partial charge is 0.251 e. The minimum atomic E-state index is -0.515. The van der Waals surface area contributed by atoms with E-state index in [1.165, 1.54) is 6.42 Å². The van der Waals surface area contributed by atoms with Gasteiger partial charge in [0.2, 0.25) is 5.91 Å². The molecule has 0 radical (unpaired) electrons.